The molecule has 2 nitrogen and oxygen atoms in total. The summed E-state index contributed by atoms with van der Waals surface area (Å²) in [4.78, 5) is 12.1. The SMILES string of the molecule is CC[C@]12CCC3C(CC4(CC4)C4=CC(=O)CC[C@@H]43)C1CC[C@@]21C=CCO1. The van der Waals surface area contributed by atoms with Crippen molar-refractivity contribution < 1.29 is 9.53 Å². The van der Waals surface area contributed by atoms with Crippen LogP contribution in [0.15, 0.2) is 23.8 Å². The molecule has 5 aliphatic carbocycles. The van der Waals surface area contributed by atoms with Crippen LogP contribution in [0.1, 0.15) is 71.1 Å². The number of hydrogen-bond acceptors (Lipinski definition) is 2. The molecule has 2 spiro atoms. The number of carbonyl (C=O) groups excluding carboxylic acids is 1. The van der Waals surface area contributed by atoms with Crippen molar-refractivity contribution in [3.63, 3.8) is 0 Å². The summed E-state index contributed by atoms with van der Waals surface area (Å²) in [6.45, 7) is 3.25. The molecular formula is C24H32O2. The molecule has 6 aliphatic rings. The topological polar surface area (TPSA) is 26.3 Å². The van der Waals surface area contributed by atoms with Crippen molar-refractivity contribution in [3.8, 4) is 0 Å². The zero-order valence-corrected chi connectivity index (χ0v) is 16.1. The van der Waals surface area contributed by atoms with E-state index in [4.69, 9.17) is 4.74 Å². The second-order valence-corrected chi connectivity index (χ2v) is 10.3. The fourth-order valence-corrected chi connectivity index (χ4v) is 8.66. The monoisotopic (exact) mass is 352 g/mol. The Morgan fingerprint density at radius 2 is 2.00 bits per heavy atom. The first-order valence-corrected chi connectivity index (χ1v) is 11.2. The van der Waals surface area contributed by atoms with Gasteiger partial charge < -0.3 is 4.74 Å². The lowest BCUT2D eigenvalue weighted by Crippen LogP contribution is -2.54. The molecule has 0 N–H and O–H groups in total. The molecular weight excluding hydrogens is 320 g/mol. The Morgan fingerprint density at radius 1 is 1.12 bits per heavy atom. The van der Waals surface area contributed by atoms with Gasteiger partial charge in [0.05, 0.1) is 12.2 Å². The van der Waals surface area contributed by atoms with Gasteiger partial charge in [0.25, 0.3) is 0 Å². The van der Waals surface area contributed by atoms with Gasteiger partial charge in [-0.25, -0.2) is 0 Å². The Balaban J connectivity index is 1.41. The fourth-order valence-electron chi connectivity index (χ4n) is 8.66. The molecule has 0 amide bonds. The molecule has 0 aromatic carbocycles. The van der Waals surface area contributed by atoms with Crippen LogP contribution in [0, 0.1) is 34.5 Å². The van der Waals surface area contributed by atoms with Gasteiger partial charge in [-0.05, 0) is 93.0 Å². The van der Waals surface area contributed by atoms with E-state index in [1.165, 1.54) is 51.4 Å². The number of ether oxygens (including phenoxy) is 1. The zero-order valence-electron chi connectivity index (χ0n) is 16.1. The van der Waals surface area contributed by atoms with E-state index in [0.717, 1.165) is 43.1 Å². The molecule has 6 atom stereocenters. The average molecular weight is 353 g/mol. The predicted molar refractivity (Wildman–Crippen MR) is 102 cm³/mol. The van der Waals surface area contributed by atoms with Gasteiger partial charge in [0.2, 0.25) is 0 Å². The lowest BCUT2D eigenvalue weighted by molar-refractivity contribution is -0.128. The summed E-state index contributed by atoms with van der Waals surface area (Å²) in [7, 11) is 0. The van der Waals surface area contributed by atoms with Crippen molar-refractivity contribution in [1.29, 1.82) is 0 Å². The van der Waals surface area contributed by atoms with E-state index in [9.17, 15) is 4.79 Å². The number of carbonyl (C=O) groups is 1. The molecule has 1 aliphatic heterocycles. The zero-order chi connectivity index (χ0) is 17.6. The maximum absolute atomic E-state index is 12.1. The van der Waals surface area contributed by atoms with E-state index in [1.54, 1.807) is 5.57 Å². The van der Waals surface area contributed by atoms with Crippen LogP contribution in [0.25, 0.3) is 0 Å². The van der Waals surface area contributed by atoms with Crippen molar-refractivity contribution in [2.45, 2.75) is 76.7 Å². The van der Waals surface area contributed by atoms with Gasteiger partial charge in [-0.15, -0.1) is 0 Å². The first-order valence-electron chi connectivity index (χ1n) is 11.2. The van der Waals surface area contributed by atoms with Crippen LogP contribution in [-0.4, -0.2) is 18.0 Å². The van der Waals surface area contributed by atoms with Gasteiger partial charge in [-0.1, -0.05) is 24.6 Å². The van der Waals surface area contributed by atoms with Crippen molar-refractivity contribution in [2.75, 3.05) is 6.61 Å². The lowest BCUT2D eigenvalue weighted by Gasteiger charge is -2.58. The Hall–Kier alpha value is -0.890. The fraction of sp³-hybridized carbons (Fsp3) is 0.792. The maximum atomic E-state index is 12.1. The van der Waals surface area contributed by atoms with Crippen molar-refractivity contribution in [2.24, 2.45) is 34.5 Å². The van der Waals surface area contributed by atoms with Crippen molar-refractivity contribution >= 4 is 5.78 Å². The van der Waals surface area contributed by atoms with Crippen LogP contribution >= 0.6 is 0 Å². The maximum Gasteiger partial charge on any atom is 0.155 e. The summed E-state index contributed by atoms with van der Waals surface area (Å²) in [5.41, 5.74) is 2.46. The summed E-state index contributed by atoms with van der Waals surface area (Å²) < 4.78 is 6.47. The van der Waals surface area contributed by atoms with Gasteiger partial charge in [-0.3, -0.25) is 4.79 Å². The normalized spacial score (nSPS) is 50.5. The highest BCUT2D eigenvalue weighted by Crippen LogP contribution is 2.73. The van der Waals surface area contributed by atoms with E-state index in [-0.39, 0.29) is 5.60 Å². The molecule has 0 aromatic rings. The molecule has 2 heteroatoms. The highest BCUT2D eigenvalue weighted by molar-refractivity contribution is 5.91. The van der Waals surface area contributed by atoms with E-state index in [0.29, 0.717) is 16.6 Å². The van der Waals surface area contributed by atoms with E-state index >= 15 is 0 Å². The van der Waals surface area contributed by atoms with E-state index < -0.39 is 0 Å². The largest absolute Gasteiger partial charge is 0.366 e. The van der Waals surface area contributed by atoms with Crippen molar-refractivity contribution in [3.05, 3.63) is 23.8 Å². The second kappa shape index (κ2) is 5.13. The Kier molecular flexibility index (Phi) is 3.18. The van der Waals surface area contributed by atoms with Gasteiger partial charge in [0.1, 0.15) is 0 Å². The molecule has 26 heavy (non-hydrogen) atoms. The van der Waals surface area contributed by atoms with Gasteiger partial charge >= 0.3 is 0 Å². The third kappa shape index (κ3) is 1.81. The number of rotatable bonds is 1. The molecule has 6 rings (SSSR count). The number of hydrogen-bond donors (Lipinski definition) is 0. The molecule has 0 aromatic heterocycles. The van der Waals surface area contributed by atoms with Gasteiger partial charge in [0.15, 0.2) is 5.78 Å². The Labute approximate surface area is 157 Å². The van der Waals surface area contributed by atoms with Crippen LogP contribution in [0.5, 0.6) is 0 Å². The highest BCUT2D eigenvalue weighted by atomic mass is 16.5. The predicted octanol–water partition coefficient (Wildman–Crippen LogP) is 5.23. The van der Waals surface area contributed by atoms with Crippen LogP contribution in [0.4, 0.5) is 0 Å². The Morgan fingerprint density at radius 3 is 2.73 bits per heavy atom. The third-order valence-electron chi connectivity index (χ3n) is 9.85. The number of allylic oxidation sites excluding steroid dienone is 1. The highest BCUT2D eigenvalue weighted by Gasteiger charge is 2.67. The van der Waals surface area contributed by atoms with Gasteiger partial charge in [-0.2, -0.15) is 0 Å². The minimum absolute atomic E-state index is 0.0484. The standard InChI is InChI=1S/C24H32O2/c1-2-23-9-6-17-18-5-4-16(25)14-21(18)22(11-12-22)15-19(17)20(23)7-10-24(23)8-3-13-26-24/h3,8,14,17-20H,2,4-7,9-13,15H2,1H3/t17?,18-,19?,20?,23+,24+/m1/s1. The smallest absolute Gasteiger partial charge is 0.155 e. The molecule has 0 saturated heterocycles. The van der Waals surface area contributed by atoms with Crippen LogP contribution in [0.3, 0.4) is 0 Å². The number of ketones is 1. The third-order valence-corrected chi connectivity index (χ3v) is 9.85. The Bertz CT molecular complexity index is 714. The minimum atomic E-state index is 0.0484. The molecule has 140 valence electrons. The second-order valence-electron chi connectivity index (χ2n) is 10.3. The van der Waals surface area contributed by atoms with E-state index in [2.05, 4.69) is 25.2 Å². The molecule has 1 heterocycles. The minimum Gasteiger partial charge on any atom is -0.366 e. The van der Waals surface area contributed by atoms with Crippen LogP contribution < -0.4 is 0 Å². The molecule has 0 radical (unpaired) electrons. The first kappa shape index (κ1) is 16.1. The van der Waals surface area contributed by atoms with Gasteiger partial charge in [0, 0.05) is 11.8 Å². The molecule has 4 fully saturated rings. The summed E-state index contributed by atoms with van der Waals surface area (Å²) in [6, 6.07) is 0. The van der Waals surface area contributed by atoms with Crippen molar-refractivity contribution in [1.82, 2.24) is 0 Å². The summed E-state index contributed by atoms with van der Waals surface area (Å²) in [6.07, 6.45) is 19.4. The molecule has 0 bridgehead atoms. The van der Waals surface area contributed by atoms with E-state index in [1.807, 2.05) is 0 Å². The molecule has 3 unspecified atom stereocenters. The quantitative estimate of drug-likeness (QED) is 0.604. The number of fused-ring (bicyclic) bond motifs is 7. The summed E-state index contributed by atoms with van der Waals surface area (Å²) in [5, 5.41) is 0. The van der Waals surface area contributed by atoms with Crippen LogP contribution in [-0.2, 0) is 9.53 Å². The average Bonchev–Trinajstić information content (AvgIpc) is 3.13. The lowest BCUT2D eigenvalue weighted by atomic mass is 9.47. The van der Waals surface area contributed by atoms with Crippen LogP contribution in [0.2, 0.25) is 0 Å². The summed E-state index contributed by atoms with van der Waals surface area (Å²) in [5.74, 6) is 3.68. The summed E-state index contributed by atoms with van der Waals surface area (Å²) >= 11 is 0. The molecule has 4 saturated carbocycles. The first-order chi connectivity index (χ1) is 12.6.